The lowest BCUT2D eigenvalue weighted by atomic mass is 9.71. The first kappa shape index (κ1) is 15.6. The lowest BCUT2D eigenvalue weighted by Gasteiger charge is -2.41. The number of hydrogen-bond acceptors (Lipinski definition) is 3. The van der Waals surface area contributed by atoms with Gasteiger partial charge in [0.05, 0.1) is 11.5 Å². The third-order valence-electron chi connectivity index (χ3n) is 5.70. The first-order valence-corrected chi connectivity index (χ1v) is 7.82. The predicted molar refractivity (Wildman–Crippen MR) is 84.1 cm³/mol. The molecule has 2 atom stereocenters. The molecule has 0 saturated carbocycles. The normalized spacial score (nSPS) is 27.1. The highest BCUT2D eigenvalue weighted by Gasteiger charge is 2.50. The molecule has 3 rings (SSSR count). The fourth-order valence-corrected chi connectivity index (χ4v) is 4.12. The maximum Gasteiger partial charge on any atom is 0.344 e. The number of rotatable bonds is 1. The van der Waals surface area contributed by atoms with E-state index >= 15 is 0 Å². The standard InChI is InChI=1S/C17H22N2O4/c1-8-10-6-5-7-17(3)13(11(10)9(2)19(8)4)18-15(21)12(14(17)20)16(22)23/h13,20H,5-7H2,1-4H3,(H,18,21)(H,22,23). The van der Waals surface area contributed by atoms with Crippen LogP contribution in [0.4, 0.5) is 0 Å². The number of carboxylic acid groups (broad SMARTS) is 1. The molecule has 0 aromatic carbocycles. The molecule has 2 aliphatic rings. The van der Waals surface area contributed by atoms with Crippen molar-refractivity contribution in [1.29, 1.82) is 0 Å². The second-order valence-corrected chi connectivity index (χ2v) is 6.83. The summed E-state index contributed by atoms with van der Waals surface area (Å²) in [5.41, 5.74) is 3.09. The molecule has 6 heteroatoms. The second-order valence-electron chi connectivity index (χ2n) is 6.83. The molecule has 2 unspecified atom stereocenters. The molecule has 0 radical (unpaired) electrons. The Hall–Kier alpha value is -2.24. The summed E-state index contributed by atoms with van der Waals surface area (Å²) >= 11 is 0. The fourth-order valence-electron chi connectivity index (χ4n) is 4.12. The highest BCUT2D eigenvalue weighted by atomic mass is 16.4. The number of fused-ring (bicyclic) bond motifs is 3. The zero-order chi connectivity index (χ0) is 17.1. The monoisotopic (exact) mass is 318 g/mol. The number of carbonyl (C=O) groups excluding carboxylic acids is 1. The van der Waals surface area contributed by atoms with E-state index in [0.29, 0.717) is 6.42 Å². The number of amides is 1. The van der Waals surface area contributed by atoms with Crippen molar-refractivity contribution in [3.05, 3.63) is 33.8 Å². The van der Waals surface area contributed by atoms with Crippen LogP contribution in [0.25, 0.3) is 0 Å². The van der Waals surface area contributed by atoms with Crippen LogP contribution in [0.5, 0.6) is 0 Å². The highest BCUT2D eigenvalue weighted by molar-refractivity contribution is 6.17. The Morgan fingerprint density at radius 2 is 2.00 bits per heavy atom. The highest BCUT2D eigenvalue weighted by Crippen LogP contribution is 2.51. The molecular formula is C17H22N2O4. The average Bonchev–Trinajstić information content (AvgIpc) is 2.61. The summed E-state index contributed by atoms with van der Waals surface area (Å²) in [6, 6.07) is -0.407. The summed E-state index contributed by atoms with van der Waals surface area (Å²) in [4.78, 5) is 23.6. The third-order valence-corrected chi connectivity index (χ3v) is 5.70. The molecule has 0 spiro atoms. The van der Waals surface area contributed by atoms with E-state index in [4.69, 9.17) is 0 Å². The maximum atomic E-state index is 12.3. The fraction of sp³-hybridized carbons (Fsp3) is 0.529. The summed E-state index contributed by atoms with van der Waals surface area (Å²) in [7, 11) is 1.99. The van der Waals surface area contributed by atoms with E-state index < -0.39 is 28.9 Å². The predicted octanol–water partition coefficient (Wildman–Crippen LogP) is 2.05. The van der Waals surface area contributed by atoms with Crippen molar-refractivity contribution in [1.82, 2.24) is 9.88 Å². The molecule has 1 aliphatic heterocycles. The van der Waals surface area contributed by atoms with Crippen LogP contribution in [-0.2, 0) is 23.1 Å². The van der Waals surface area contributed by atoms with Crippen LogP contribution in [0.2, 0.25) is 0 Å². The van der Waals surface area contributed by atoms with Crippen LogP contribution in [0.3, 0.4) is 0 Å². The first-order chi connectivity index (χ1) is 10.7. The van der Waals surface area contributed by atoms with Crippen molar-refractivity contribution in [3.8, 4) is 0 Å². The van der Waals surface area contributed by atoms with Crippen molar-refractivity contribution >= 4 is 11.9 Å². The quantitative estimate of drug-likeness (QED) is 0.691. The third kappa shape index (κ3) is 1.93. The van der Waals surface area contributed by atoms with Crippen LogP contribution in [0.15, 0.2) is 11.3 Å². The first-order valence-electron chi connectivity index (χ1n) is 7.82. The molecular weight excluding hydrogens is 296 g/mol. The van der Waals surface area contributed by atoms with Gasteiger partial charge >= 0.3 is 5.97 Å². The molecule has 0 bridgehead atoms. The van der Waals surface area contributed by atoms with Crippen LogP contribution in [-0.4, -0.2) is 26.7 Å². The Morgan fingerprint density at radius 3 is 2.61 bits per heavy atom. The molecule has 23 heavy (non-hydrogen) atoms. The van der Waals surface area contributed by atoms with Gasteiger partial charge in [-0.05, 0) is 44.2 Å². The molecule has 124 valence electrons. The second kappa shape index (κ2) is 4.88. The van der Waals surface area contributed by atoms with Crippen molar-refractivity contribution in [2.24, 2.45) is 12.5 Å². The molecule has 0 saturated heterocycles. The Bertz CT molecular complexity index is 759. The van der Waals surface area contributed by atoms with Gasteiger partial charge in [-0.3, -0.25) is 4.79 Å². The molecule has 2 heterocycles. The molecule has 6 nitrogen and oxygen atoms in total. The summed E-state index contributed by atoms with van der Waals surface area (Å²) < 4.78 is 2.09. The van der Waals surface area contributed by atoms with Gasteiger partial charge in [-0.2, -0.15) is 0 Å². The number of hydrogen-bond donors (Lipinski definition) is 3. The van der Waals surface area contributed by atoms with Crippen molar-refractivity contribution < 1.29 is 19.8 Å². The minimum absolute atomic E-state index is 0.299. The van der Waals surface area contributed by atoms with E-state index in [9.17, 15) is 19.8 Å². The molecule has 1 amide bonds. The van der Waals surface area contributed by atoms with E-state index in [0.717, 1.165) is 29.8 Å². The van der Waals surface area contributed by atoms with Crippen LogP contribution in [0.1, 0.15) is 48.3 Å². The number of carbonyl (C=O) groups is 2. The Balaban J connectivity index is 2.27. The van der Waals surface area contributed by atoms with Gasteiger partial charge in [-0.15, -0.1) is 0 Å². The number of aromatic nitrogens is 1. The lowest BCUT2D eigenvalue weighted by Crippen LogP contribution is -2.48. The molecule has 1 aliphatic carbocycles. The number of aliphatic hydroxyl groups is 1. The zero-order valence-electron chi connectivity index (χ0n) is 13.9. The van der Waals surface area contributed by atoms with E-state index in [1.807, 2.05) is 20.9 Å². The summed E-state index contributed by atoms with van der Waals surface area (Å²) in [6.45, 7) is 5.89. The van der Waals surface area contributed by atoms with E-state index in [2.05, 4.69) is 16.8 Å². The largest absolute Gasteiger partial charge is 0.511 e. The molecule has 1 aromatic heterocycles. The topological polar surface area (TPSA) is 91.6 Å². The van der Waals surface area contributed by atoms with Crippen molar-refractivity contribution in [2.45, 2.75) is 46.1 Å². The Labute approximate surface area is 134 Å². The summed E-state index contributed by atoms with van der Waals surface area (Å²) in [5, 5.41) is 22.7. The number of nitrogens with zero attached hydrogens (tertiary/aromatic N) is 1. The van der Waals surface area contributed by atoms with Gasteiger partial charge in [0.15, 0.2) is 5.57 Å². The lowest BCUT2D eigenvalue weighted by molar-refractivity contribution is -0.136. The number of nitrogens with one attached hydrogen (secondary N) is 1. The average molecular weight is 318 g/mol. The summed E-state index contributed by atoms with van der Waals surface area (Å²) in [5.74, 6) is -2.40. The van der Waals surface area contributed by atoms with E-state index in [-0.39, 0.29) is 5.76 Å². The van der Waals surface area contributed by atoms with Gasteiger partial charge in [-0.1, -0.05) is 6.92 Å². The van der Waals surface area contributed by atoms with Crippen LogP contribution in [0, 0.1) is 19.3 Å². The number of aliphatic hydroxyl groups excluding tert-OH is 1. The Morgan fingerprint density at radius 1 is 1.35 bits per heavy atom. The number of carboxylic acids is 1. The van der Waals surface area contributed by atoms with Crippen molar-refractivity contribution in [3.63, 3.8) is 0 Å². The molecule has 1 aromatic rings. The van der Waals surface area contributed by atoms with Crippen LogP contribution < -0.4 is 5.32 Å². The van der Waals surface area contributed by atoms with E-state index in [1.54, 1.807) is 0 Å². The van der Waals surface area contributed by atoms with Gasteiger partial charge < -0.3 is 20.1 Å². The zero-order valence-corrected chi connectivity index (χ0v) is 13.9. The van der Waals surface area contributed by atoms with Gasteiger partial charge in [-0.25, -0.2) is 4.79 Å². The SMILES string of the molecule is Cc1c2c(c(C)n1C)C1NC(=O)C(C(=O)O)=C(O)C1(C)CCC2. The summed E-state index contributed by atoms with van der Waals surface area (Å²) in [6.07, 6.45) is 2.31. The van der Waals surface area contributed by atoms with E-state index in [1.165, 1.54) is 5.56 Å². The minimum Gasteiger partial charge on any atom is -0.511 e. The maximum absolute atomic E-state index is 12.3. The van der Waals surface area contributed by atoms with Gasteiger partial charge in [0.2, 0.25) is 0 Å². The Kier molecular flexibility index (Phi) is 3.32. The van der Waals surface area contributed by atoms with Crippen LogP contribution >= 0.6 is 0 Å². The minimum atomic E-state index is -1.38. The number of aliphatic carboxylic acids is 1. The van der Waals surface area contributed by atoms with Gasteiger partial charge in [0, 0.05) is 18.4 Å². The van der Waals surface area contributed by atoms with Gasteiger partial charge in [0.1, 0.15) is 5.76 Å². The molecule has 3 N–H and O–H groups in total. The molecule has 0 fully saturated rings. The van der Waals surface area contributed by atoms with Gasteiger partial charge in [0.25, 0.3) is 5.91 Å². The van der Waals surface area contributed by atoms with Crippen molar-refractivity contribution in [2.75, 3.05) is 0 Å². The smallest absolute Gasteiger partial charge is 0.344 e.